The highest BCUT2D eigenvalue weighted by atomic mass is 16.6. The van der Waals surface area contributed by atoms with Crippen molar-refractivity contribution in [2.75, 3.05) is 0 Å². The fraction of sp³-hybridized carbons (Fsp3) is 0.182. The first-order valence-electron chi connectivity index (χ1n) is 9.43. The fourth-order valence-corrected chi connectivity index (χ4v) is 4.06. The van der Waals surface area contributed by atoms with Crippen LogP contribution in [0.3, 0.4) is 0 Å². The van der Waals surface area contributed by atoms with E-state index in [-0.39, 0.29) is 16.0 Å². The minimum Gasteiger partial charge on any atom is -0.341 e. The molecule has 29 heavy (non-hydrogen) atoms. The van der Waals surface area contributed by atoms with E-state index in [2.05, 4.69) is 23.9 Å². The number of aromatic nitrogens is 4. The topological polar surface area (TPSA) is 89.6 Å². The van der Waals surface area contributed by atoms with E-state index in [0.29, 0.717) is 11.4 Å². The minimum absolute atomic E-state index is 0.0385. The van der Waals surface area contributed by atoms with E-state index in [9.17, 15) is 10.1 Å². The number of nitrogens with zero attached hydrogens (tertiary/aromatic N) is 4. The molecule has 0 unspecified atom stereocenters. The molecule has 2 aromatic carbocycles. The quantitative estimate of drug-likeness (QED) is 0.410. The monoisotopic (exact) mass is 385 g/mol. The average molecular weight is 385 g/mol. The van der Waals surface area contributed by atoms with Crippen molar-refractivity contribution >= 4 is 5.69 Å². The number of nitro benzene ring substituents is 1. The smallest absolute Gasteiger partial charge is 0.280 e. The molecule has 0 bridgehead atoms. The molecule has 0 saturated heterocycles. The summed E-state index contributed by atoms with van der Waals surface area (Å²) in [6, 6.07) is 16.7. The fourth-order valence-electron chi connectivity index (χ4n) is 4.06. The maximum Gasteiger partial charge on any atom is 0.280 e. The Balaban J connectivity index is 1.70. The Hall–Kier alpha value is -3.74. The van der Waals surface area contributed by atoms with Gasteiger partial charge in [-0.1, -0.05) is 44.2 Å². The summed E-state index contributed by atoms with van der Waals surface area (Å²) in [4.78, 5) is 19.3. The van der Waals surface area contributed by atoms with Gasteiger partial charge in [0.25, 0.3) is 5.69 Å². The van der Waals surface area contributed by atoms with Gasteiger partial charge in [-0.05, 0) is 18.2 Å². The van der Waals surface area contributed by atoms with Gasteiger partial charge in [-0.2, -0.15) is 5.10 Å². The van der Waals surface area contributed by atoms with Crippen LogP contribution < -0.4 is 0 Å². The summed E-state index contributed by atoms with van der Waals surface area (Å²) in [6.45, 7) is 4.30. The van der Waals surface area contributed by atoms with Gasteiger partial charge in [0.2, 0.25) is 0 Å². The number of hydrogen-bond donors (Lipinski definition) is 1. The van der Waals surface area contributed by atoms with Gasteiger partial charge >= 0.3 is 0 Å². The molecule has 7 heteroatoms. The molecule has 7 nitrogen and oxygen atoms in total. The highest BCUT2D eigenvalue weighted by Crippen LogP contribution is 2.44. The predicted octanol–water partition coefficient (Wildman–Crippen LogP) is 4.67. The number of imidazole rings is 1. The van der Waals surface area contributed by atoms with Crippen LogP contribution in [0.25, 0.3) is 28.3 Å². The molecular formula is C22H19N5O2. The zero-order valence-corrected chi connectivity index (χ0v) is 16.1. The number of hydrogen-bond acceptors (Lipinski definition) is 4. The number of aromatic amines is 1. The van der Waals surface area contributed by atoms with Crippen molar-refractivity contribution < 1.29 is 4.92 Å². The first-order chi connectivity index (χ1) is 14.0. The third kappa shape index (κ3) is 2.66. The minimum atomic E-state index is -0.374. The number of nitro groups is 1. The van der Waals surface area contributed by atoms with Crippen LogP contribution in [-0.4, -0.2) is 24.7 Å². The maximum absolute atomic E-state index is 11.5. The van der Waals surface area contributed by atoms with E-state index in [1.54, 1.807) is 18.2 Å². The van der Waals surface area contributed by atoms with Crippen LogP contribution in [0.1, 0.15) is 25.2 Å². The van der Waals surface area contributed by atoms with Crippen molar-refractivity contribution in [3.8, 4) is 28.3 Å². The Morgan fingerprint density at radius 1 is 1.07 bits per heavy atom. The molecule has 2 heterocycles. The standard InChI is InChI=1S/C22H19N5O2/c1-22(2)12-18-16(13-23-26(18)14-8-4-3-5-9-14)19-20(22)25-21(24-19)15-10-6-7-11-17(15)27(28)29/h3-11,13H,12H2,1-2H3,(H,24,25). The Labute approximate surface area is 167 Å². The molecule has 5 rings (SSSR count). The number of H-pyrrole nitrogens is 1. The molecule has 0 fully saturated rings. The molecule has 0 spiro atoms. The molecule has 1 aliphatic carbocycles. The van der Waals surface area contributed by atoms with Crippen molar-refractivity contribution in [3.05, 3.63) is 82.3 Å². The van der Waals surface area contributed by atoms with Crippen molar-refractivity contribution in [1.82, 2.24) is 19.7 Å². The molecule has 0 atom stereocenters. The second kappa shape index (κ2) is 6.13. The molecular weight excluding hydrogens is 366 g/mol. The molecule has 2 aromatic heterocycles. The summed E-state index contributed by atoms with van der Waals surface area (Å²) in [5.74, 6) is 0.510. The normalized spacial score (nSPS) is 14.3. The lowest BCUT2D eigenvalue weighted by Gasteiger charge is -2.29. The van der Waals surface area contributed by atoms with Gasteiger partial charge in [-0.15, -0.1) is 0 Å². The molecule has 0 aliphatic heterocycles. The van der Waals surface area contributed by atoms with Crippen molar-refractivity contribution in [2.24, 2.45) is 0 Å². The van der Waals surface area contributed by atoms with Crippen LogP contribution in [0.2, 0.25) is 0 Å². The lowest BCUT2D eigenvalue weighted by atomic mass is 9.77. The highest BCUT2D eigenvalue weighted by Gasteiger charge is 2.37. The van der Waals surface area contributed by atoms with Gasteiger partial charge in [0, 0.05) is 29.2 Å². The summed E-state index contributed by atoms with van der Waals surface area (Å²) >= 11 is 0. The van der Waals surface area contributed by atoms with E-state index >= 15 is 0 Å². The second-order valence-corrected chi connectivity index (χ2v) is 7.90. The number of rotatable bonds is 3. The van der Waals surface area contributed by atoms with E-state index in [1.165, 1.54) is 6.07 Å². The van der Waals surface area contributed by atoms with Crippen LogP contribution in [0.5, 0.6) is 0 Å². The second-order valence-electron chi connectivity index (χ2n) is 7.90. The summed E-state index contributed by atoms with van der Waals surface area (Å²) in [6.07, 6.45) is 2.61. The molecule has 1 aliphatic rings. The first kappa shape index (κ1) is 17.4. The van der Waals surface area contributed by atoms with Gasteiger partial charge in [-0.25, -0.2) is 9.67 Å². The van der Waals surface area contributed by atoms with E-state index in [1.807, 2.05) is 41.2 Å². The first-order valence-corrected chi connectivity index (χ1v) is 9.43. The molecule has 0 amide bonds. The van der Waals surface area contributed by atoms with Crippen LogP contribution in [0.4, 0.5) is 5.69 Å². The van der Waals surface area contributed by atoms with Gasteiger partial charge in [-0.3, -0.25) is 10.1 Å². The molecule has 4 aromatic rings. The van der Waals surface area contributed by atoms with Crippen LogP contribution >= 0.6 is 0 Å². The lowest BCUT2D eigenvalue weighted by molar-refractivity contribution is -0.384. The number of benzene rings is 2. The van der Waals surface area contributed by atoms with E-state index < -0.39 is 0 Å². The Morgan fingerprint density at radius 3 is 2.55 bits per heavy atom. The molecule has 0 radical (unpaired) electrons. The number of para-hydroxylation sites is 2. The summed E-state index contributed by atoms with van der Waals surface area (Å²) < 4.78 is 1.96. The van der Waals surface area contributed by atoms with Gasteiger partial charge < -0.3 is 4.98 Å². The van der Waals surface area contributed by atoms with Crippen LogP contribution in [-0.2, 0) is 11.8 Å². The average Bonchev–Trinajstić information content (AvgIpc) is 3.33. The molecule has 0 saturated carbocycles. The van der Waals surface area contributed by atoms with Gasteiger partial charge in [0.15, 0.2) is 0 Å². The predicted molar refractivity (Wildman–Crippen MR) is 110 cm³/mol. The zero-order valence-electron chi connectivity index (χ0n) is 16.1. The van der Waals surface area contributed by atoms with Crippen LogP contribution in [0.15, 0.2) is 60.8 Å². The van der Waals surface area contributed by atoms with E-state index in [0.717, 1.165) is 34.8 Å². The van der Waals surface area contributed by atoms with Crippen molar-refractivity contribution in [2.45, 2.75) is 25.7 Å². The SMILES string of the molecule is CC1(C)Cc2c(cnn2-c2ccccc2)-c2nc(-c3ccccc3[N+](=O)[O-])[nH]c21. The third-order valence-corrected chi connectivity index (χ3v) is 5.47. The Kier molecular flexibility index (Phi) is 3.67. The van der Waals surface area contributed by atoms with Crippen molar-refractivity contribution in [1.29, 1.82) is 0 Å². The zero-order chi connectivity index (χ0) is 20.2. The summed E-state index contributed by atoms with van der Waals surface area (Å²) in [5.41, 5.74) is 5.15. The highest BCUT2D eigenvalue weighted by molar-refractivity contribution is 5.76. The van der Waals surface area contributed by atoms with Crippen LogP contribution in [0, 0.1) is 10.1 Å². The maximum atomic E-state index is 11.5. The Morgan fingerprint density at radius 2 is 1.79 bits per heavy atom. The number of nitrogens with one attached hydrogen (secondary N) is 1. The van der Waals surface area contributed by atoms with Crippen molar-refractivity contribution in [3.63, 3.8) is 0 Å². The van der Waals surface area contributed by atoms with E-state index in [4.69, 9.17) is 4.98 Å². The largest absolute Gasteiger partial charge is 0.341 e. The lowest BCUT2D eigenvalue weighted by Crippen LogP contribution is -2.27. The van der Waals surface area contributed by atoms with Gasteiger partial charge in [0.1, 0.15) is 5.82 Å². The third-order valence-electron chi connectivity index (χ3n) is 5.47. The van der Waals surface area contributed by atoms with Gasteiger partial charge in [0.05, 0.1) is 33.8 Å². The summed E-state index contributed by atoms with van der Waals surface area (Å²) in [7, 11) is 0. The summed E-state index contributed by atoms with van der Waals surface area (Å²) in [5, 5.41) is 16.1. The number of fused-ring (bicyclic) bond motifs is 3. The molecule has 144 valence electrons. The molecule has 1 N–H and O–H groups in total. The Bertz CT molecular complexity index is 1240.